The van der Waals surface area contributed by atoms with Crippen LogP contribution < -0.4 is 14.8 Å². The number of halogens is 1. The van der Waals surface area contributed by atoms with Gasteiger partial charge in [-0.1, -0.05) is 17.7 Å². The van der Waals surface area contributed by atoms with Gasteiger partial charge in [-0.25, -0.2) is 4.79 Å². The third-order valence-corrected chi connectivity index (χ3v) is 3.92. The van der Waals surface area contributed by atoms with E-state index in [0.29, 0.717) is 22.0 Å². The Kier molecular flexibility index (Phi) is 7.40. The maximum absolute atomic E-state index is 12.1. The molecular formula is C20H20ClNO6. The highest BCUT2D eigenvalue weighted by Gasteiger charge is 2.19. The number of ether oxygens (including phenoxy) is 3. The number of methoxy groups -OCH3 is 1. The quantitative estimate of drug-likeness (QED) is 0.534. The topological polar surface area (TPSA) is 90.9 Å². The number of anilines is 1. The third kappa shape index (κ3) is 5.99. The second-order valence-corrected chi connectivity index (χ2v) is 6.28. The molecule has 2 rings (SSSR count). The lowest BCUT2D eigenvalue weighted by molar-refractivity contribution is -0.155. The second kappa shape index (κ2) is 9.75. The van der Waals surface area contributed by atoms with E-state index in [1.165, 1.54) is 33.1 Å². The van der Waals surface area contributed by atoms with E-state index in [1.54, 1.807) is 30.3 Å². The zero-order valence-electron chi connectivity index (χ0n) is 15.7. The Morgan fingerprint density at radius 2 is 1.86 bits per heavy atom. The average Bonchev–Trinajstić information content (AvgIpc) is 2.66. The molecule has 0 saturated heterocycles. The maximum atomic E-state index is 12.1. The smallest absolute Gasteiger partial charge is 0.344 e. The van der Waals surface area contributed by atoms with Crippen molar-refractivity contribution in [1.29, 1.82) is 0 Å². The number of hydrogen-bond donors (Lipinski definition) is 1. The van der Waals surface area contributed by atoms with Crippen LogP contribution in [0, 0.1) is 0 Å². The largest absolute Gasteiger partial charge is 0.493 e. The van der Waals surface area contributed by atoms with Crippen molar-refractivity contribution in [1.82, 2.24) is 0 Å². The van der Waals surface area contributed by atoms with Crippen LogP contribution in [-0.4, -0.2) is 37.5 Å². The molecule has 0 aliphatic heterocycles. The molecule has 0 saturated carbocycles. The number of nitrogens with one attached hydrogen (secondary N) is 1. The molecule has 0 bridgehead atoms. The summed E-state index contributed by atoms with van der Waals surface area (Å²) >= 11 is 5.86. The monoisotopic (exact) mass is 405 g/mol. The number of benzene rings is 2. The van der Waals surface area contributed by atoms with Gasteiger partial charge >= 0.3 is 5.97 Å². The molecule has 0 heterocycles. The Balaban J connectivity index is 1.89. The first-order valence-electron chi connectivity index (χ1n) is 8.38. The number of esters is 1. The summed E-state index contributed by atoms with van der Waals surface area (Å²) in [6.45, 7) is 2.45. The Labute approximate surface area is 167 Å². The molecule has 1 atom stereocenters. The SMILES string of the molecule is COc1cc(C(C)=O)ccc1OCC(=O)OC(C)C(=O)Nc1cccc(Cl)c1. The Bertz CT molecular complexity index is 883. The van der Waals surface area contributed by atoms with Gasteiger partial charge in [0.15, 0.2) is 30.0 Å². The van der Waals surface area contributed by atoms with Crippen molar-refractivity contribution in [2.45, 2.75) is 20.0 Å². The number of rotatable bonds is 8. The van der Waals surface area contributed by atoms with E-state index in [4.69, 9.17) is 25.8 Å². The van der Waals surface area contributed by atoms with E-state index in [0.717, 1.165) is 0 Å². The zero-order chi connectivity index (χ0) is 20.7. The first-order chi connectivity index (χ1) is 13.3. The number of ketones is 1. The minimum absolute atomic E-state index is 0.121. The van der Waals surface area contributed by atoms with Gasteiger partial charge in [0.05, 0.1) is 7.11 Å². The Morgan fingerprint density at radius 3 is 2.50 bits per heavy atom. The molecule has 1 amide bonds. The molecule has 0 spiro atoms. The van der Waals surface area contributed by atoms with Crippen LogP contribution in [0.5, 0.6) is 11.5 Å². The molecular weight excluding hydrogens is 386 g/mol. The number of Topliss-reactive ketones (excluding diaryl/α,β-unsaturated/α-hetero) is 1. The molecule has 1 N–H and O–H groups in total. The Hall–Kier alpha value is -3.06. The molecule has 148 valence electrons. The predicted molar refractivity (Wildman–Crippen MR) is 104 cm³/mol. The number of carbonyl (C=O) groups excluding carboxylic acids is 3. The van der Waals surface area contributed by atoms with Gasteiger partial charge in [0.2, 0.25) is 0 Å². The third-order valence-electron chi connectivity index (χ3n) is 3.69. The molecule has 0 aliphatic carbocycles. The summed E-state index contributed by atoms with van der Waals surface area (Å²) in [7, 11) is 1.42. The van der Waals surface area contributed by atoms with E-state index in [1.807, 2.05) is 0 Å². The molecule has 7 nitrogen and oxygen atoms in total. The highest BCUT2D eigenvalue weighted by Crippen LogP contribution is 2.28. The predicted octanol–water partition coefficient (Wildman–Crippen LogP) is 3.50. The highest BCUT2D eigenvalue weighted by atomic mass is 35.5. The number of carbonyl (C=O) groups is 3. The van der Waals surface area contributed by atoms with E-state index in [9.17, 15) is 14.4 Å². The molecule has 2 aromatic carbocycles. The van der Waals surface area contributed by atoms with Gasteiger partial charge in [0.25, 0.3) is 5.91 Å². The van der Waals surface area contributed by atoms with Gasteiger partial charge in [-0.15, -0.1) is 0 Å². The van der Waals surface area contributed by atoms with Crippen LogP contribution in [0.2, 0.25) is 5.02 Å². The lowest BCUT2D eigenvalue weighted by atomic mass is 10.1. The molecule has 2 aromatic rings. The van der Waals surface area contributed by atoms with Crippen molar-refractivity contribution < 1.29 is 28.6 Å². The molecule has 0 aromatic heterocycles. The van der Waals surface area contributed by atoms with Crippen LogP contribution in [-0.2, 0) is 14.3 Å². The molecule has 0 aliphatic rings. The summed E-state index contributed by atoms with van der Waals surface area (Å²) in [5, 5.41) is 3.08. The van der Waals surface area contributed by atoms with Crippen molar-refractivity contribution in [3.63, 3.8) is 0 Å². The molecule has 28 heavy (non-hydrogen) atoms. The average molecular weight is 406 g/mol. The first-order valence-corrected chi connectivity index (χ1v) is 8.75. The summed E-state index contributed by atoms with van der Waals surface area (Å²) in [5.41, 5.74) is 0.949. The van der Waals surface area contributed by atoms with Crippen LogP contribution >= 0.6 is 11.6 Å². The minimum atomic E-state index is -1.03. The van der Waals surface area contributed by atoms with E-state index >= 15 is 0 Å². The Morgan fingerprint density at radius 1 is 1.11 bits per heavy atom. The lowest BCUT2D eigenvalue weighted by Gasteiger charge is -2.15. The van der Waals surface area contributed by atoms with Crippen molar-refractivity contribution >= 4 is 34.9 Å². The molecule has 0 fully saturated rings. The van der Waals surface area contributed by atoms with Crippen molar-refractivity contribution in [2.75, 3.05) is 19.0 Å². The second-order valence-electron chi connectivity index (χ2n) is 5.84. The minimum Gasteiger partial charge on any atom is -0.493 e. The van der Waals surface area contributed by atoms with Crippen molar-refractivity contribution in [3.8, 4) is 11.5 Å². The van der Waals surface area contributed by atoms with Gasteiger partial charge in [0, 0.05) is 16.3 Å². The number of amides is 1. The van der Waals surface area contributed by atoms with Crippen molar-refractivity contribution in [3.05, 3.63) is 53.1 Å². The molecule has 0 radical (unpaired) electrons. The summed E-state index contributed by atoms with van der Waals surface area (Å²) in [5.74, 6) is -0.762. The highest BCUT2D eigenvalue weighted by molar-refractivity contribution is 6.30. The molecule has 8 heteroatoms. The zero-order valence-corrected chi connectivity index (χ0v) is 16.4. The van der Waals surface area contributed by atoms with Gasteiger partial charge in [0.1, 0.15) is 0 Å². The van der Waals surface area contributed by atoms with Crippen LogP contribution in [0.1, 0.15) is 24.2 Å². The maximum Gasteiger partial charge on any atom is 0.344 e. The van der Waals surface area contributed by atoms with Gasteiger partial charge in [-0.2, -0.15) is 0 Å². The summed E-state index contributed by atoms with van der Waals surface area (Å²) in [6.07, 6.45) is -1.03. The van der Waals surface area contributed by atoms with E-state index < -0.39 is 24.6 Å². The van der Waals surface area contributed by atoms with Crippen LogP contribution in [0.15, 0.2) is 42.5 Å². The lowest BCUT2D eigenvalue weighted by Crippen LogP contribution is -2.31. The van der Waals surface area contributed by atoms with Crippen molar-refractivity contribution in [2.24, 2.45) is 0 Å². The number of hydrogen-bond acceptors (Lipinski definition) is 6. The first kappa shape index (κ1) is 21.2. The van der Waals surface area contributed by atoms with Crippen LogP contribution in [0.25, 0.3) is 0 Å². The van der Waals surface area contributed by atoms with Crippen LogP contribution in [0.4, 0.5) is 5.69 Å². The van der Waals surface area contributed by atoms with Crippen LogP contribution in [0.3, 0.4) is 0 Å². The van der Waals surface area contributed by atoms with Gasteiger partial charge < -0.3 is 19.5 Å². The summed E-state index contributed by atoms with van der Waals surface area (Å²) in [6, 6.07) is 11.2. The van der Waals surface area contributed by atoms with E-state index in [2.05, 4.69) is 5.32 Å². The van der Waals surface area contributed by atoms with E-state index in [-0.39, 0.29) is 11.5 Å². The standard InChI is InChI=1S/C20H20ClNO6/c1-12(23)14-7-8-17(18(9-14)26-3)27-11-19(24)28-13(2)20(25)22-16-6-4-5-15(21)10-16/h4-10,13H,11H2,1-3H3,(H,22,25). The normalized spacial score (nSPS) is 11.3. The fourth-order valence-electron chi connectivity index (χ4n) is 2.24. The fraction of sp³-hybridized carbons (Fsp3) is 0.250. The molecule has 1 unspecified atom stereocenters. The summed E-state index contributed by atoms with van der Waals surface area (Å²) < 4.78 is 15.6. The van der Waals surface area contributed by atoms with Gasteiger partial charge in [-0.05, 0) is 50.2 Å². The van der Waals surface area contributed by atoms with Gasteiger partial charge in [-0.3, -0.25) is 9.59 Å². The fourth-order valence-corrected chi connectivity index (χ4v) is 2.43. The summed E-state index contributed by atoms with van der Waals surface area (Å²) in [4.78, 5) is 35.5.